The number of ether oxygens (including phenoxy) is 2. The summed E-state index contributed by atoms with van der Waals surface area (Å²) in [5.41, 5.74) is 0.823. The van der Waals surface area contributed by atoms with Crippen molar-refractivity contribution in [3.8, 4) is 17.6 Å². The Morgan fingerprint density at radius 2 is 2.04 bits per heavy atom. The lowest BCUT2D eigenvalue weighted by Gasteiger charge is -2.29. The normalized spacial score (nSPS) is 20.4. The van der Waals surface area contributed by atoms with Gasteiger partial charge in [-0.15, -0.1) is 0 Å². The molecule has 1 aromatic rings. The first-order valence-corrected chi connectivity index (χ1v) is 9.22. The van der Waals surface area contributed by atoms with E-state index in [2.05, 4.69) is 12.2 Å². The van der Waals surface area contributed by atoms with E-state index in [1.807, 2.05) is 26.0 Å². The minimum absolute atomic E-state index is 0.0308. The van der Waals surface area contributed by atoms with Gasteiger partial charge in [0.1, 0.15) is 11.6 Å². The summed E-state index contributed by atoms with van der Waals surface area (Å²) in [6.45, 7) is 6.04. The van der Waals surface area contributed by atoms with E-state index < -0.39 is 0 Å². The molecule has 5 nitrogen and oxygen atoms in total. The van der Waals surface area contributed by atoms with Gasteiger partial charge in [0.05, 0.1) is 13.2 Å². The van der Waals surface area contributed by atoms with Crippen LogP contribution < -0.4 is 14.8 Å². The van der Waals surface area contributed by atoms with Crippen LogP contribution in [0.15, 0.2) is 23.8 Å². The van der Waals surface area contributed by atoms with Gasteiger partial charge < -0.3 is 14.8 Å². The van der Waals surface area contributed by atoms with Crippen molar-refractivity contribution in [3.63, 3.8) is 0 Å². The van der Waals surface area contributed by atoms with Crippen molar-refractivity contribution in [2.45, 2.75) is 58.6 Å². The highest BCUT2D eigenvalue weighted by Crippen LogP contribution is 2.30. The van der Waals surface area contributed by atoms with Gasteiger partial charge in [-0.25, -0.2) is 0 Å². The fraction of sp³-hybridized carbons (Fsp3) is 0.524. The topological polar surface area (TPSA) is 71.3 Å². The summed E-state index contributed by atoms with van der Waals surface area (Å²) < 4.78 is 11.1. The zero-order chi connectivity index (χ0) is 19.1. The van der Waals surface area contributed by atoms with Crippen molar-refractivity contribution >= 4 is 12.0 Å². The van der Waals surface area contributed by atoms with Crippen molar-refractivity contribution < 1.29 is 14.3 Å². The molecule has 26 heavy (non-hydrogen) atoms. The molecular weight excluding hydrogens is 328 g/mol. The van der Waals surface area contributed by atoms with Crippen LogP contribution in [0.4, 0.5) is 0 Å². The maximum absolute atomic E-state index is 12.5. The van der Waals surface area contributed by atoms with Gasteiger partial charge in [-0.3, -0.25) is 4.79 Å². The number of nitrogens with one attached hydrogen (secondary N) is 1. The molecule has 0 aliphatic heterocycles. The Bertz CT molecular complexity index is 704. The van der Waals surface area contributed by atoms with Gasteiger partial charge in [-0.1, -0.05) is 25.8 Å². The molecule has 1 amide bonds. The Labute approximate surface area is 156 Å². The number of nitrogens with zero attached hydrogens (tertiary/aromatic N) is 1. The summed E-state index contributed by atoms with van der Waals surface area (Å²) in [4.78, 5) is 12.5. The Morgan fingerprint density at radius 3 is 2.65 bits per heavy atom. The van der Waals surface area contributed by atoms with Crippen LogP contribution in [0, 0.1) is 17.2 Å². The van der Waals surface area contributed by atoms with E-state index in [0.29, 0.717) is 17.4 Å². The third kappa shape index (κ3) is 5.26. The standard InChI is InChI=1S/C21H28N2O3/c1-14(2)26-19-10-9-16(12-20(19)25-4)11-17(13-22)21(24)23-18-8-6-5-7-15(18)3/h9-12,14-15,18H,5-8H2,1-4H3,(H,23,24)/b17-11+/t15-,18-/m1/s1. The van der Waals surface area contributed by atoms with Crippen molar-refractivity contribution in [2.24, 2.45) is 5.92 Å². The maximum atomic E-state index is 12.5. The number of carbonyl (C=O) groups is 1. The van der Waals surface area contributed by atoms with Crippen LogP contribution in [0.2, 0.25) is 0 Å². The van der Waals surface area contributed by atoms with Crippen LogP contribution >= 0.6 is 0 Å². The van der Waals surface area contributed by atoms with E-state index in [4.69, 9.17) is 9.47 Å². The van der Waals surface area contributed by atoms with E-state index in [1.54, 1.807) is 25.3 Å². The quantitative estimate of drug-likeness (QED) is 0.616. The Morgan fingerprint density at radius 1 is 1.31 bits per heavy atom. The molecule has 1 aliphatic rings. The van der Waals surface area contributed by atoms with E-state index in [9.17, 15) is 10.1 Å². The van der Waals surface area contributed by atoms with Crippen LogP contribution in [0.1, 0.15) is 52.0 Å². The molecule has 0 aromatic heterocycles. The van der Waals surface area contributed by atoms with Gasteiger partial charge in [0, 0.05) is 6.04 Å². The summed E-state index contributed by atoms with van der Waals surface area (Å²) in [5, 5.41) is 12.4. The van der Waals surface area contributed by atoms with Crippen LogP contribution in [0.25, 0.3) is 6.08 Å². The van der Waals surface area contributed by atoms with Crippen molar-refractivity contribution in [1.29, 1.82) is 5.26 Å². The Balaban J connectivity index is 2.16. The predicted octanol–water partition coefficient (Wildman–Crippen LogP) is 4.08. The van der Waals surface area contributed by atoms with Crippen LogP contribution in [0.3, 0.4) is 0 Å². The zero-order valence-electron chi connectivity index (χ0n) is 16.0. The molecule has 0 unspecified atom stereocenters. The molecule has 0 radical (unpaired) electrons. The summed E-state index contributed by atoms with van der Waals surface area (Å²) in [5.74, 6) is 1.35. The average Bonchev–Trinajstić information content (AvgIpc) is 2.62. The summed E-state index contributed by atoms with van der Waals surface area (Å²) >= 11 is 0. The third-order valence-corrected chi connectivity index (χ3v) is 4.65. The molecule has 1 aromatic carbocycles. The van der Waals surface area contributed by atoms with Gasteiger partial charge in [0.15, 0.2) is 11.5 Å². The Hall–Kier alpha value is -2.48. The van der Waals surface area contributed by atoms with Crippen molar-refractivity contribution in [2.75, 3.05) is 7.11 Å². The van der Waals surface area contributed by atoms with Gasteiger partial charge >= 0.3 is 0 Å². The van der Waals surface area contributed by atoms with Gasteiger partial charge in [0.25, 0.3) is 5.91 Å². The maximum Gasteiger partial charge on any atom is 0.262 e. The molecule has 2 atom stereocenters. The summed E-state index contributed by atoms with van der Waals surface area (Å²) in [7, 11) is 1.57. The minimum Gasteiger partial charge on any atom is -0.493 e. The number of benzene rings is 1. The molecular formula is C21H28N2O3. The van der Waals surface area contributed by atoms with E-state index in [0.717, 1.165) is 24.8 Å². The smallest absolute Gasteiger partial charge is 0.262 e. The van der Waals surface area contributed by atoms with Crippen LogP contribution in [-0.2, 0) is 4.79 Å². The fourth-order valence-corrected chi connectivity index (χ4v) is 3.22. The second kappa shape index (κ2) is 9.28. The summed E-state index contributed by atoms with van der Waals surface area (Å²) in [6.07, 6.45) is 6.04. The highest BCUT2D eigenvalue weighted by atomic mass is 16.5. The predicted molar refractivity (Wildman–Crippen MR) is 102 cm³/mol. The minimum atomic E-state index is -0.312. The third-order valence-electron chi connectivity index (χ3n) is 4.65. The summed E-state index contributed by atoms with van der Waals surface area (Å²) in [6, 6.07) is 7.53. The molecule has 1 saturated carbocycles. The number of methoxy groups -OCH3 is 1. The monoisotopic (exact) mass is 356 g/mol. The first kappa shape index (κ1) is 19.8. The van der Waals surface area contributed by atoms with E-state index in [1.165, 1.54) is 6.42 Å². The molecule has 0 heterocycles. The highest BCUT2D eigenvalue weighted by Gasteiger charge is 2.24. The number of nitriles is 1. The lowest BCUT2D eigenvalue weighted by Crippen LogP contribution is -2.41. The second-order valence-electron chi connectivity index (χ2n) is 7.09. The van der Waals surface area contributed by atoms with Gasteiger partial charge in [-0.2, -0.15) is 5.26 Å². The molecule has 5 heteroatoms. The molecule has 0 saturated heterocycles. The lowest BCUT2D eigenvalue weighted by molar-refractivity contribution is -0.118. The first-order chi connectivity index (χ1) is 12.4. The number of carbonyl (C=O) groups excluding carboxylic acids is 1. The van der Waals surface area contributed by atoms with Crippen LogP contribution in [-0.4, -0.2) is 25.2 Å². The molecule has 2 rings (SSSR count). The number of hydrogen-bond acceptors (Lipinski definition) is 4. The highest BCUT2D eigenvalue weighted by molar-refractivity contribution is 6.01. The number of amides is 1. The van der Waals surface area contributed by atoms with Crippen molar-refractivity contribution in [3.05, 3.63) is 29.3 Å². The SMILES string of the molecule is COc1cc(/C=C(\C#N)C(=O)N[C@@H]2CCCC[C@H]2C)ccc1OC(C)C. The fourth-order valence-electron chi connectivity index (χ4n) is 3.22. The van der Waals surface area contributed by atoms with E-state index in [-0.39, 0.29) is 23.6 Å². The Kier molecular flexibility index (Phi) is 7.08. The molecule has 0 bridgehead atoms. The second-order valence-corrected chi connectivity index (χ2v) is 7.09. The van der Waals surface area contributed by atoms with Gasteiger partial charge in [0.2, 0.25) is 0 Å². The average molecular weight is 356 g/mol. The molecule has 1 N–H and O–H groups in total. The molecule has 140 valence electrons. The van der Waals surface area contributed by atoms with Gasteiger partial charge in [-0.05, 0) is 56.4 Å². The first-order valence-electron chi connectivity index (χ1n) is 9.22. The molecule has 1 fully saturated rings. The van der Waals surface area contributed by atoms with Crippen LogP contribution in [0.5, 0.6) is 11.5 Å². The molecule has 1 aliphatic carbocycles. The largest absolute Gasteiger partial charge is 0.493 e. The van der Waals surface area contributed by atoms with E-state index >= 15 is 0 Å². The lowest BCUT2D eigenvalue weighted by atomic mass is 9.86. The molecule has 0 spiro atoms. The zero-order valence-corrected chi connectivity index (χ0v) is 16.0. The number of hydrogen-bond donors (Lipinski definition) is 1. The number of rotatable bonds is 6. The van der Waals surface area contributed by atoms with Crippen molar-refractivity contribution in [1.82, 2.24) is 5.32 Å².